The zero-order chi connectivity index (χ0) is 20.4. The molecule has 1 heterocycles. The Morgan fingerprint density at radius 1 is 1.03 bits per heavy atom. The van der Waals surface area contributed by atoms with Crippen molar-refractivity contribution in [3.05, 3.63) is 88.8 Å². The first kappa shape index (κ1) is 19.4. The second kappa shape index (κ2) is 8.19. The van der Waals surface area contributed by atoms with E-state index in [-0.39, 0.29) is 10.7 Å². The maximum Gasteiger partial charge on any atom is 0.266 e. The number of carboxylic acids is 1. The first-order valence-corrected chi connectivity index (χ1v) is 10.3. The van der Waals surface area contributed by atoms with Gasteiger partial charge in [-0.1, -0.05) is 96.8 Å². The Balaban J connectivity index is 1.67. The van der Waals surface area contributed by atoms with Crippen LogP contribution in [0.3, 0.4) is 0 Å². The van der Waals surface area contributed by atoms with Crippen LogP contribution >= 0.6 is 24.0 Å². The van der Waals surface area contributed by atoms with Gasteiger partial charge in [0.25, 0.3) is 5.91 Å². The number of nitrogens with zero attached hydrogens (tertiary/aromatic N) is 1. The minimum absolute atomic E-state index is 0.136. The summed E-state index contributed by atoms with van der Waals surface area (Å²) in [5.74, 6) is -1.73. The molecule has 0 radical (unpaired) electrons. The summed E-state index contributed by atoms with van der Waals surface area (Å²) in [6.45, 7) is 0. The minimum Gasteiger partial charge on any atom is -0.548 e. The molecule has 4 nitrogen and oxygen atoms in total. The lowest BCUT2D eigenvalue weighted by atomic mass is 10.0. The summed E-state index contributed by atoms with van der Waals surface area (Å²) in [6, 6.07) is 21.7. The van der Waals surface area contributed by atoms with Gasteiger partial charge in [-0.25, -0.2) is 0 Å². The summed E-state index contributed by atoms with van der Waals surface area (Å²) < 4.78 is 0.228. The van der Waals surface area contributed by atoms with Crippen LogP contribution in [-0.2, 0) is 16.0 Å². The van der Waals surface area contributed by atoms with Crippen molar-refractivity contribution in [3.8, 4) is 0 Å². The highest BCUT2D eigenvalue weighted by atomic mass is 32.2. The molecule has 1 atom stereocenters. The van der Waals surface area contributed by atoms with Crippen molar-refractivity contribution < 1.29 is 14.7 Å². The van der Waals surface area contributed by atoms with Crippen LogP contribution in [0.1, 0.15) is 11.1 Å². The van der Waals surface area contributed by atoms with Crippen LogP contribution in [0.25, 0.3) is 16.8 Å². The van der Waals surface area contributed by atoms with E-state index in [1.165, 1.54) is 4.90 Å². The normalized spacial score (nSPS) is 16.6. The fourth-order valence-electron chi connectivity index (χ4n) is 3.38. The summed E-state index contributed by atoms with van der Waals surface area (Å²) in [5.41, 5.74) is 1.69. The SMILES string of the molecule is O=C([O-])[C@@H](Cc1ccccc1)N1C(=O)/C(=C/c2cccc3ccccc23)SC1=S. The highest BCUT2D eigenvalue weighted by Gasteiger charge is 2.37. The number of carboxylic acid groups (broad SMARTS) is 1. The van der Waals surface area contributed by atoms with Crippen LogP contribution in [0.5, 0.6) is 0 Å². The van der Waals surface area contributed by atoms with Gasteiger partial charge in [-0.05, 0) is 34.4 Å². The van der Waals surface area contributed by atoms with E-state index in [1.54, 1.807) is 6.08 Å². The molecule has 0 aliphatic carbocycles. The lowest BCUT2D eigenvalue weighted by Gasteiger charge is -2.27. The second-order valence-corrected chi connectivity index (χ2v) is 8.32. The molecule has 29 heavy (non-hydrogen) atoms. The van der Waals surface area contributed by atoms with Gasteiger partial charge in [0.05, 0.1) is 16.9 Å². The predicted molar refractivity (Wildman–Crippen MR) is 118 cm³/mol. The van der Waals surface area contributed by atoms with Crippen LogP contribution in [0.4, 0.5) is 0 Å². The summed E-state index contributed by atoms with van der Waals surface area (Å²) in [7, 11) is 0. The maximum absolute atomic E-state index is 13.1. The van der Waals surface area contributed by atoms with Gasteiger partial charge in [0.15, 0.2) is 0 Å². The van der Waals surface area contributed by atoms with Crippen molar-refractivity contribution in [2.75, 3.05) is 0 Å². The smallest absolute Gasteiger partial charge is 0.266 e. The van der Waals surface area contributed by atoms with E-state index in [0.717, 1.165) is 33.7 Å². The Morgan fingerprint density at radius 2 is 1.72 bits per heavy atom. The third-order valence-electron chi connectivity index (χ3n) is 4.79. The zero-order valence-electron chi connectivity index (χ0n) is 15.3. The Kier molecular flexibility index (Phi) is 5.47. The fourth-order valence-corrected chi connectivity index (χ4v) is 4.73. The molecule has 4 rings (SSSR count). The Morgan fingerprint density at radius 3 is 2.48 bits per heavy atom. The highest BCUT2D eigenvalue weighted by Crippen LogP contribution is 2.35. The standard InChI is InChI=1S/C23H17NO3S2/c25-21-20(14-17-11-6-10-16-9-4-5-12-18(16)17)29-23(28)24(21)19(22(26)27)13-15-7-2-1-3-8-15/h1-12,14,19H,13H2,(H,26,27)/p-1/b20-14-/t19-/m1/s1. The largest absolute Gasteiger partial charge is 0.548 e. The van der Waals surface area contributed by atoms with Crippen molar-refractivity contribution in [2.45, 2.75) is 12.5 Å². The molecule has 1 saturated heterocycles. The monoisotopic (exact) mass is 418 g/mol. The molecule has 0 N–H and O–H groups in total. The molecule has 0 bridgehead atoms. The molecule has 0 unspecified atom stereocenters. The number of rotatable bonds is 5. The van der Waals surface area contributed by atoms with E-state index in [9.17, 15) is 14.7 Å². The number of hydrogen-bond acceptors (Lipinski definition) is 5. The summed E-state index contributed by atoms with van der Waals surface area (Å²) >= 11 is 6.47. The van der Waals surface area contributed by atoms with Crippen LogP contribution in [-0.4, -0.2) is 27.1 Å². The molecule has 0 aromatic heterocycles. The van der Waals surface area contributed by atoms with Gasteiger partial charge in [-0.2, -0.15) is 0 Å². The van der Waals surface area contributed by atoms with Crippen LogP contribution in [0, 0.1) is 0 Å². The van der Waals surface area contributed by atoms with Crippen LogP contribution < -0.4 is 5.11 Å². The van der Waals surface area contributed by atoms with Gasteiger partial charge in [0.2, 0.25) is 0 Å². The van der Waals surface area contributed by atoms with Gasteiger partial charge in [0, 0.05) is 0 Å². The molecule has 0 saturated carbocycles. The van der Waals surface area contributed by atoms with Gasteiger partial charge >= 0.3 is 0 Å². The van der Waals surface area contributed by atoms with Gasteiger partial charge in [0.1, 0.15) is 4.32 Å². The van der Waals surface area contributed by atoms with E-state index in [2.05, 4.69) is 0 Å². The molecule has 1 aliphatic rings. The average molecular weight is 419 g/mol. The molecule has 1 fully saturated rings. The van der Waals surface area contributed by atoms with Crippen molar-refractivity contribution in [2.24, 2.45) is 0 Å². The number of thiocarbonyl (C=S) groups is 1. The number of hydrogen-bond donors (Lipinski definition) is 0. The number of amides is 1. The first-order valence-electron chi connectivity index (χ1n) is 9.04. The Bertz CT molecular complexity index is 1140. The predicted octanol–water partition coefficient (Wildman–Crippen LogP) is 3.40. The van der Waals surface area contributed by atoms with Crippen LogP contribution in [0.15, 0.2) is 77.7 Å². The van der Waals surface area contributed by atoms with E-state index in [4.69, 9.17) is 12.2 Å². The quantitative estimate of drug-likeness (QED) is 0.470. The Hall–Kier alpha value is -2.96. The molecular formula is C23H16NO3S2-. The molecule has 3 aromatic rings. The fraction of sp³-hybridized carbons (Fsp3) is 0.0870. The molecule has 1 amide bonds. The van der Waals surface area contributed by atoms with Crippen molar-refractivity contribution in [1.82, 2.24) is 4.90 Å². The molecule has 0 spiro atoms. The molecule has 144 valence electrons. The van der Waals surface area contributed by atoms with Gasteiger partial charge in [-0.15, -0.1) is 0 Å². The minimum atomic E-state index is -1.32. The van der Waals surface area contributed by atoms with Crippen molar-refractivity contribution in [3.63, 3.8) is 0 Å². The first-order chi connectivity index (χ1) is 14.0. The van der Waals surface area contributed by atoms with Gasteiger partial charge < -0.3 is 9.90 Å². The third kappa shape index (κ3) is 3.95. The Labute approximate surface area is 177 Å². The second-order valence-electron chi connectivity index (χ2n) is 6.64. The van der Waals surface area contributed by atoms with E-state index < -0.39 is 17.9 Å². The molecular weight excluding hydrogens is 402 g/mol. The van der Waals surface area contributed by atoms with Gasteiger partial charge in [-0.3, -0.25) is 9.69 Å². The maximum atomic E-state index is 13.1. The number of benzene rings is 3. The third-order valence-corrected chi connectivity index (χ3v) is 6.12. The summed E-state index contributed by atoms with van der Waals surface area (Å²) in [5, 5.41) is 13.9. The molecule has 3 aromatic carbocycles. The molecule has 1 aliphatic heterocycles. The van der Waals surface area contributed by atoms with E-state index in [1.807, 2.05) is 72.8 Å². The number of carbonyl (C=O) groups is 2. The van der Waals surface area contributed by atoms with E-state index in [0.29, 0.717) is 4.91 Å². The zero-order valence-corrected chi connectivity index (χ0v) is 16.9. The van der Waals surface area contributed by atoms with Crippen LogP contribution in [0.2, 0.25) is 0 Å². The summed E-state index contributed by atoms with van der Waals surface area (Å²) in [6.07, 6.45) is 1.91. The number of fused-ring (bicyclic) bond motifs is 1. The number of thioether (sulfide) groups is 1. The number of carbonyl (C=O) groups excluding carboxylic acids is 2. The lowest BCUT2D eigenvalue weighted by Crippen LogP contribution is -2.51. The lowest BCUT2D eigenvalue weighted by molar-refractivity contribution is -0.310. The summed E-state index contributed by atoms with van der Waals surface area (Å²) in [4.78, 5) is 26.5. The topological polar surface area (TPSA) is 60.4 Å². The number of aliphatic carboxylic acids is 1. The van der Waals surface area contributed by atoms with Crippen molar-refractivity contribution in [1.29, 1.82) is 0 Å². The highest BCUT2D eigenvalue weighted by molar-refractivity contribution is 8.26. The molecule has 6 heteroatoms. The van der Waals surface area contributed by atoms with E-state index >= 15 is 0 Å². The average Bonchev–Trinajstić information content (AvgIpc) is 3.00. The van der Waals surface area contributed by atoms with Crippen molar-refractivity contribution >= 4 is 57.0 Å².